The molecule has 5 aromatic carbocycles. The molecule has 7 heterocycles. The minimum Gasteiger partial charge on any atom is -1.00 e. The fraction of sp³-hybridized carbons (Fsp3) is 0.621. The van der Waals surface area contributed by atoms with E-state index in [2.05, 4.69) is 87.9 Å². The normalized spacial score (nSPS) is 28.1. The van der Waals surface area contributed by atoms with E-state index in [0.29, 0.717) is 80.7 Å². The number of piperidine rings is 3. The molecule has 12 N–H and O–H groups in total. The molecule has 111 heavy (non-hydrogen) atoms. The number of aromatic hydroxyl groups is 2. The zero-order valence-corrected chi connectivity index (χ0v) is 71.1. The molecule has 21 nitrogen and oxygen atoms in total. The number of nitrogens with zero attached hydrogens (tertiary/aromatic N) is 5. The van der Waals surface area contributed by atoms with Gasteiger partial charge < -0.3 is 109 Å². The number of phenolic OH excluding ortho intramolecular Hbond substituents is 2. The molecule has 16 rings (SSSR count). The van der Waals surface area contributed by atoms with Crippen LogP contribution in [0.3, 0.4) is 0 Å². The van der Waals surface area contributed by atoms with Gasteiger partial charge in [-0.2, -0.15) is 0 Å². The van der Waals surface area contributed by atoms with Crippen LogP contribution in [0, 0.1) is 47.3 Å². The van der Waals surface area contributed by atoms with Crippen LogP contribution in [0.15, 0.2) is 84.9 Å². The van der Waals surface area contributed by atoms with Crippen LogP contribution in [0.1, 0.15) is 199 Å². The van der Waals surface area contributed by atoms with E-state index in [4.69, 9.17) is 28.4 Å². The Hall–Kier alpha value is -5.83. The molecule has 4 saturated carbocycles. The average Bonchev–Trinajstić information content (AvgIpc) is 1.62. The summed E-state index contributed by atoms with van der Waals surface area (Å²) >= 11 is 0. The number of quaternary nitrogens is 2. The smallest absolute Gasteiger partial charge is 0.303 e. The third kappa shape index (κ3) is 20.2. The molecule has 0 spiro atoms. The third-order valence-corrected chi connectivity index (χ3v) is 27.5. The number of hydrogen-bond acceptors (Lipinski definition) is 14. The van der Waals surface area contributed by atoms with Gasteiger partial charge in [0.2, 0.25) is 5.75 Å². The van der Waals surface area contributed by atoms with Crippen LogP contribution < -0.4 is 48.3 Å². The van der Waals surface area contributed by atoms with Gasteiger partial charge >= 0.3 is 11.9 Å². The molecule has 7 aliphatic heterocycles. The highest BCUT2D eigenvalue weighted by Gasteiger charge is 2.67. The highest BCUT2D eigenvalue weighted by atomic mass is 79.9. The molecule has 4 aliphatic carbocycles. The number of benzene rings is 5. The Morgan fingerprint density at radius 3 is 1.92 bits per heavy atom. The Kier molecular flexibility index (Phi) is 34.6. The molecule has 3 saturated heterocycles. The Labute approximate surface area is 683 Å². The van der Waals surface area contributed by atoms with Crippen LogP contribution >= 0.6 is 12.4 Å². The second-order valence-electron chi connectivity index (χ2n) is 34.4. The van der Waals surface area contributed by atoms with E-state index in [9.17, 15) is 24.6 Å². The van der Waals surface area contributed by atoms with Gasteiger partial charge in [-0.05, 0) is 236 Å². The van der Waals surface area contributed by atoms with Gasteiger partial charge in [-0.1, -0.05) is 81.6 Å². The van der Waals surface area contributed by atoms with E-state index >= 15 is 0 Å². The van der Waals surface area contributed by atoms with Gasteiger partial charge in [0.25, 0.3) is 0 Å². The van der Waals surface area contributed by atoms with E-state index < -0.39 is 0 Å². The van der Waals surface area contributed by atoms with Gasteiger partial charge in [0.1, 0.15) is 23.9 Å². The van der Waals surface area contributed by atoms with E-state index in [-0.39, 0.29) is 134 Å². The van der Waals surface area contributed by atoms with Crippen molar-refractivity contribution in [2.75, 3.05) is 101 Å². The first-order chi connectivity index (χ1) is 49.4. The molecule has 622 valence electrons. The van der Waals surface area contributed by atoms with Crippen LogP contribution in [0.25, 0.3) is 0 Å². The van der Waals surface area contributed by atoms with Crippen LogP contribution in [0.5, 0.6) is 46.0 Å². The minimum atomic E-state index is -0.111. The summed E-state index contributed by atoms with van der Waals surface area (Å²) in [6.07, 6.45) is 23.4. The maximum Gasteiger partial charge on any atom is 0.303 e. The van der Waals surface area contributed by atoms with Gasteiger partial charge in [0, 0.05) is 75.2 Å². The number of esters is 2. The van der Waals surface area contributed by atoms with Gasteiger partial charge in [-0.3, -0.25) is 24.2 Å². The maximum absolute atomic E-state index is 12.5. The lowest BCUT2D eigenvalue weighted by atomic mass is 9.44. The van der Waals surface area contributed by atoms with Crippen molar-refractivity contribution in [1.29, 1.82) is 0 Å². The van der Waals surface area contributed by atoms with Crippen LogP contribution in [0.2, 0.25) is 0 Å². The van der Waals surface area contributed by atoms with E-state index in [0.717, 1.165) is 104 Å². The van der Waals surface area contributed by atoms with Crippen molar-refractivity contribution < 1.29 is 119 Å². The van der Waals surface area contributed by atoms with Crippen LogP contribution in [0.4, 0.5) is 0 Å². The number of fused-ring (bicyclic) bond motifs is 7. The molecule has 5 aromatic rings. The predicted octanol–water partition coefficient (Wildman–Crippen LogP) is 6.27. The lowest BCUT2D eigenvalue weighted by Crippen LogP contribution is -3.00. The average molecular weight is 1650 g/mol. The van der Waals surface area contributed by atoms with Crippen LogP contribution in [-0.2, 0) is 44.7 Å². The Bertz CT molecular complexity index is 3860. The molecule has 0 amide bonds. The quantitative estimate of drug-likeness (QED) is 0.0884. The van der Waals surface area contributed by atoms with Gasteiger partial charge in [0.05, 0.1) is 60.6 Å². The highest BCUT2D eigenvalue weighted by molar-refractivity contribution is 5.97. The molecule has 11 aliphatic rings. The van der Waals surface area contributed by atoms with Gasteiger partial charge in [-0.15, -0.1) is 12.4 Å². The number of ether oxygens (including phenoxy) is 6. The predicted molar refractivity (Wildman–Crippen MR) is 429 cm³/mol. The second-order valence-corrected chi connectivity index (χ2v) is 34.4. The molecular weight excluding hydrogens is 1520 g/mol. The Morgan fingerprint density at radius 2 is 1.28 bits per heavy atom. The number of likely N-dealkylation sites (tertiary alicyclic amines) is 3. The Balaban J connectivity index is 0.000000309. The fourth-order valence-corrected chi connectivity index (χ4v) is 21.6. The van der Waals surface area contributed by atoms with Crippen molar-refractivity contribution in [3.05, 3.63) is 129 Å². The number of Topliss-reactive ketones (excluding diaryl/α,β-unsaturated/α-hetero) is 1. The lowest BCUT2D eigenvalue weighted by molar-refractivity contribution is -0.940. The number of ketones is 1. The van der Waals surface area contributed by atoms with E-state index in [1.54, 1.807) is 34.1 Å². The number of phenols is 2. The monoisotopic (exact) mass is 1650 g/mol. The second kappa shape index (κ2) is 40.2. The topological polar surface area (TPSA) is 314 Å². The maximum atomic E-state index is 12.5. The van der Waals surface area contributed by atoms with E-state index in [1.807, 2.05) is 61.5 Å². The molecule has 7 fully saturated rings. The summed E-state index contributed by atoms with van der Waals surface area (Å²) in [7, 11) is 12.3. The summed E-state index contributed by atoms with van der Waals surface area (Å²) < 4.78 is 38.7. The van der Waals surface area contributed by atoms with Gasteiger partial charge in [0.15, 0.2) is 46.4 Å². The van der Waals surface area contributed by atoms with Crippen LogP contribution in [-0.4, -0.2) is 205 Å². The van der Waals surface area contributed by atoms with Crippen molar-refractivity contribution in [2.45, 2.75) is 206 Å². The first-order valence-electron chi connectivity index (χ1n) is 39.6. The van der Waals surface area contributed by atoms with Crippen molar-refractivity contribution >= 4 is 30.1 Å². The molecule has 0 aromatic heterocycles. The number of aryl methyl sites for hydroxylation is 1. The molecule has 13 atom stereocenters. The van der Waals surface area contributed by atoms with Crippen molar-refractivity contribution in [3.8, 4) is 46.0 Å². The number of methoxy groups -OCH3 is 2. The summed E-state index contributed by atoms with van der Waals surface area (Å²) in [4.78, 5) is 44.5. The van der Waals surface area contributed by atoms with Crippen molar-refractivity contribution in [1.82, 2.24) is 14.7 Å². The summed E-state index contributed by atoms with van der Waals surface area (Å²) in [6, 6.07) is 28.6. The van der Waals surface area contributed by atoms with Gasteiger partial charge in [-0.25, -0.2) is 0 Å². The first-order valence-corrected chi connectivity index (χ1v) is 39.6. The summed E-state index contributed by atoms with van der Waals surface area (Å²) in [5, 5.41) is 22.4. The van der Waals surface area contributed by atoms with Crippen molar-refractivity contribution in [3.63, 3.8) is 0 Å². The Morgan fingerprint density at radius 1 is 0.658 bits per heavy atom. The number of rotatable bonds is 10. The SMILES string of the molecule is CC(=O)O[C@H]1C[C@@H]2CC[C@@H]3[C@H](CC[C@@]4(C)[C@H]3C[C@H]([N+]3(C)CCCCC3)[C@@H]4OC(C)=O)[C@@]2(C)C[C@@H]1N1CCCCC1.COc1cc2c3cc1Oc1cc(ccc1O)C[C@@H]1c4c(cc(OC)c(O)c4Oc4ccc(cc4)C[C@@H]3N(C)CC2)CC[N+]1(C)C.Cc1ccc(C(=O)C(C)CN2CCCCC2)cc1.Cl.O.O.O.O.O.[Br-].[Cl-]. The zero-order valence-electron chi connectivity index (χ0n) is 67.9. The summed E-state index contributed by atoms with van der Waals surface area (Å²) in [5.74, 6) is 6.03. The minimum absolute atomic E-state index is 0. The largest absolute Gasteiger partial charge is 1.00 e. The number of hydrogen-bond donors (Lipinski definition) is 2. The molecule has 0 radical (unpaired) electrons. The number of halogens is 3. The number of likely N-dealkylation sites (N-methyl/N-ethyl adjacent to an activating group) is 3. The first kappa shape index (κ1) is 95.8. The molecule has 1 unspecified atom stereocenters. The fourth-order valence-electron chi connectivity index (χ4n) is 21.6. The van der Waals surface area contributed by atoms with Crippen molar-refractivity contribution in [2.24, 2.45) is 40.4 Å². The number of carbonyl (C=O) groups excluding carboxylic acids is 3. The third-order valence-electron chi connectivity index (χ3n) is 27.5. The summed E-state index contributed by atoms with van der Waals surface area (Å²) in [6.45, 7) is 22.3. The van der Waals surface area contributed by atoms with E-state index in [1.165, 1.54) is 132 Å². The molecular formula is C87H132BrCl2N5O16. The standard InChI is InChI=1S/C37H40N2O6.C34H57N2O4.C16H23NO.BrH.2ClH.5H2O/c1-38-14-12-24-19-32(42-4)33-21-27(24)28(38)16-22-6-9-26(10-7-22)44-37-35-25(20-34(43-5)36(37)41)13-15-39(2,3)29(35)17-23-8-11-30(40)31(18-23)45-33;1-23(37)39-31-20-25-12-13-26-27(34(25,4)22-29(31)35-16-8-6-9-17-35)14-15-33(3)28(26)21-30(32(33)40-24(2)38)36(5)18-10-7-11-19-36;1-13-6-8-15(9-7-13)16(18)14(2)12-17-10-4-3-5-11-17;;;;;;;;/h6-11,18-21,28-29H,12-17H2,1-5H3,(H-,40,41);25-32H,6-22H2,1-5H3;6-9,14H,3-5,10-12H2,1-2H3;3*1H;5*1H2/q;+1;;;;;;;;;/p-1/t28-,29+;25-,26+,27-,28-,29-,30-,31-,32-,33-,34-;;;;;;;;;/m00........./s1. The summed E-state index contributed by atoms with van der Waals surface area (Å²) in [5.41, 5.74) is 9.09. The lowest BCUT2D eigenvalue weighted by Gasteiger charge is -2.62. The number of carbonyl (C=O) groups is 3. The molecule has 24 heteroatoms. The highest BCUT2D eigenvalue weighted by Crippen LogP contribution is 2.68. The zero-order chi connectivity index (χ0) is 72.7. The molecule has 6 bridgehead atoms.